The molecule has 0 spiro atoms. The third-order valence-electron chi connectivity index (χ3n) is 4.07. The van der Waals surface area contributed by atoms with E-state index in [4.69, 9.17) is 11.6 Å². The highest BCUT2D eigenvalue weighted by atomic mass is 35.5. The van der Waals surface area contributed by atoms with Crippen molar-refractivity contribution in [1.29, 1.82) is 0 Å². The Labute approximate surface area is 170 Å². The van der Waals surface area contributed by atoms with Gasteiger partial charge >= 0.3 is 5.97 Å². The Hall–Kier alpha value is -3.71. The molecule has 1 amide bonds. The van der Waals surface area contributed by atoms with Gasteiger partial charge in [-0.1, -0.05) is 29.8 Å². The van der Waals surface area contributed by atoms with Crippen LogP contribution in [-0.2, 0) is 4.79 Å². The van der Waals surface area contributed by atoms with Crippen molar-refractivity contribution in [2.75, 3.05) is 0 Å². The molecule has 1 heterocycles. The van der Waals surface area contributed by atoms with Gasteiger partial charge in [0.15, 0.2) is 0 Å². The van der Waals surface area contributed by atoms with E-state index in [9.17, 15) is 19.5 Å². The van der Waals surface area contributed by atoms with Gasteiger partial charge < -0.3 is 15.4 Å². The molecule has 0 saturated carbocycles. The lowest BCUT2D eigenvalue weighted by molar-refractivity contribution is -0.132. The molecule has 0 atom stereocenters. The maximum Gasteiger partial charge on any atom is 0.352 e. The van der Waals surface area contributed by atoms with Crippen LogP contribution in [0.5, 0.6) is 0 Å². The van der Waals surface area contributed by atoms with E-state index in [-0.39, 0.29) is 5.56 Å². The van der Waals surface area contributed by atoms with Crippen LogP contribution in [0, 0.1) is 6.92 Å². The van der Waals surface area contributed by atoms with E-state index < -0.39 is 23.1 Å². The fourth-order valence-electron chi connectivity index (χ4n) is 2.59. The Bertz CT molecular complexity index is 1150. The Morgan fingerprint density at radius 3 is 2.34 bits per heavy atom. The van der Waals surface area contributed by atoms with Crippen LogP contribution in [0.1, 0.15) is 21.6 Å². The van der Waals surface area contributed by atoms with Gasteiger partial charge in [0.2, 0.25) is 0 Å². The smallest absolute Gasteiger partial charge is 0.352 e. The molecule has 0 aliphatic heterocycles. The number of halogens is 1. The van der Waals surface area contributed by atoms with Crippen LogP contribution in [0.2, 0.25) is 5.02 Å². The van der Waals surface area contributed by atoms with Gasteiger partial charge in [0.25, 0.3) is 11.5 Å². The average molecular weight is 410 g/mol. The molecule has 0 radical (unpaired) electrons. The minimum Gasteiger partial charge on any atom is -0.477 e. The first-order valence-corrected chi connectivity index (χ1v) is 8.91. The Morgan fingerprint density at radius 2 is 1.76 bits per heavy atom. The van der Waals surface area contributed by atoms with Crippen molar-refractivity contribution < 1.29 is 14.7 Å². The summed E-state index contributed by atoms with van der Waals surface area (Å²) in [4.78, 5) is 43.3. The molecular weight excluding hydrogens is 394 g/mol. The molecule has 3 rings (SSSR count). The van der Waals surface area contributed by atoms with Crippen molar-refractivity contribution in [2.45, 2.75) is 6.92 Å². The van der Waals surface area contributed by atoms with Gasteiger partial charge in [-0.2, -0.15) is 0 Å². The van der Waals surface area contributed by atoms with Crippen LogP contribution in [0.3, 0.4) is 0 Å². The van der Waals surface area contributed by atoms with E-state index in [1.54, 1.807) is 61.5 Å². The number of aromatic amines is 1. The van der Waals surface area contributed by atoms with E-state index in [0.29, 0.717) is 27.7 Å². The summed E-state index contributed by atoms with van der Waals surface area (Å²) in [5.41, 5.74) is 0.325. The number of carboxylic acid groups (broad SMARTS) is 1. The maximum atomic E-state index is 12.5. The van der Waals surface area contributed by atoms with Crippen molar-refractivity contribution >= 4 is 29.6 Å². The predicted octanol–water partition coefficient (Wildman–Crippen LogP) is 3.25. The minimum absolute atomic E-state index is 0.0356. The molecule has 1 aromatic heterocycles. The van der Waals surface area contributed by atoms with Gasteiger partial charge in [-0.05, 0) is 49.4 Å². The molecule has 0 aliphatic rings. The van der Waals surface area contributed by atoms with Gasteiger partial charge in [0, 0.05) is 16.1 Å². The number of carboxylic acids is 1. The average Bonchev–Trinajstić information content (AvgIpc) is 2.70. The van der Waals surface area contributed by atoms with E-state index in [1.807, 2.05) is 0 Å². The molecule has 3 aromatic rings. The van der Waals surface area contributed by atoms with Crippen LogP contribution in [-0.4, -0.2) is 27.0 Å². The number of carbonyl (C=O) groups is 2. The first kappa shape index (κ1) is 20.0. The van der Waals surface area contributed by atoms with Crippen molar-refractivity contribution in [3.63, 3.8) is 0 Å². The first-order chi connectivity index (χ1) is 13.8. The number of amides is 1. The van der Waals surface area contributed by atoms with Crippen LogP contribution >= 0.6 is 11.6 Å². The summed E-state index contributed by atoms with van der Waals surface area (Å²) >= 11 is 5.87. The molecule has 8 heteroatoms. The largest absolute Gasteiger partial charge is 0.477 e. The van der Waals surface area contributed by atoms with Crippen molar-refractivity contribution in [3.05, 3.63) is 92.5 Å². The molecule has 7 nitrogen and oxygen atoms in total. The molecule has 0 fully saturated rings. The number of aryl methyl sites for hydroxylation is 1. The second-order valence-corrected chi connectivity index (χ2v) is 6.54. The molecule has 0 bridgehead atoms. The van der Waals surface area contributed by atoms with Gasteiger partial charge in [-0.25, -0.2) is 9.78 Å². The second-order valence-electron chi connectivity index (χ2n) is 6.10. The van der Waals surface area contributed by atoms with Crippen molar-refractivity contribution in [1.82, 2.24) is 15.3 Å². The zero-order valence-corrected chi connectivity index (χ0v) is 16.0. The van der Waals surface area contributed by atoms with Crippen molar-refractivity contribution in [3.8, 4) is 11.4 Å². The van der Waals surface area contributed by atoms with Gasteiger partial charge in [-0.15, -0.1) is 0 Å². The SMILES string of the molecule is Cc1nc(-c2ccc(Cl)cc2)[nH]c(=O)c1/C=C(/NC(=O)c1ccccc1)C(=O)O. The zero-order valence-electron chi connectivity index (χ0n) is 15.3. The summed E-state index contributed by atoms with van der Waals surface area (Å²) < 4.78 is 0. The molecular formula is C21H16ClN3O4. The number of hydrogen-bond acceptors (Lipinski definition) is 4. The fourth-order valence-corrected chi connectivity index (χ4v) is 2.72. The van der Waals surface area contributed by atoms with Crippen LogP contribution in [0.4, 0.5) is 0 Å². The molecule has 29 heavy (non-hydrogen) atoms. The number of carbonyl (C=O) groups excluding carboxylic acids is 1. The minimum atomic E-state index is -1.38. The molecule has 2 aromatic carbocycles. The second kappa shape index (κ2) is 8.53. The monoisotopic (exact) mass is 409 g/mol. The molecule has 146 valence electrons. The number of benzene rings is 2. The lowest BCUT2D eigenvalue weighted by Crippen LogP contribution is -2.28. The van der Waals surface area contributed by atoms with Gasteiger partial charge in [0.05, 0.1) is 11.3 Å². The lowest BCUT2D eigenvalue weighted by atomic mass is 10.1. The Balaban J connectivity index is 1.96. The molecule has 3 N–H and O–H groups in total. The number of H-pyrrole nitrogens is 1. The Kier molecular flexibility index (Phi) is 5.90. The number of aliphatic carboxylic acids is 1. The summed E-state index contributed by atoms with van der Waals surface area (Å²) in [7, 11) is 0. The highest BCUT2D eigenvalue weighted by molar-refractivity contribution is 6.30. The summed E-state index contributed by atoms with van der Waals surface area (Å²) in [6.07, 6.45) is 1.09. The standard InChI is InChI=1S/C21H16ClN3O4/c1-12-16(20(27)25-18(23-12)13-7-9-15(22)10-8-13)11-17(21(28)29)24-19(26)14-5-3-2-4-6-14/h2-11H,1H3,(H,24,26)(H,28,29)(H,23,25,27)/b17-11+. The molecule has 0 aliphatic carbocycles. The topological polar surface area (TPSA) is 112 Å². The van der Waals surface area contributed by atoms with E-state index in [1.165, 1.54) is 0 Å². The van der Waals surface area contributed by atoms with Crippen LogP contribution < -0.4 is 10.9 Å². The summed E-state index contributed by atoms with van der Waals surface area (Å²) in [6.45, 7) is 1.58. The highest BCUT2D eigenvalue weighted by Gasteiger charge is 2.16. The Morgan fingerprint density at radius 1 is 1.10 bits per heavy atom. The van der Waals surface area contributed by atoms with E-state index in [0.717, 1.165) is 6.08 Å². The first-order valence-electron chi connectivity index (χ1n) is 8.53. The zero-order chi connectivity index (χ0) is 21.0. The summed E-state index contributed by atoms with van der Waals surface area (Å²) in [5.74, 6) is -1.65. The number of hydrogen-bond donors (Lipinski definition) is 3. The number of aromatic nitrogens is 2. The summed E-state index contributed by atoms with van der Waals surface area (Å²) in [5, 5.41) is 12.3. The predicted molar refractivity (Wildman–Crippen MR) is 110 cm³/mol. The van der Waals surface area contributed by atoms with E-state index >= 15 is 0 Å². The van der Waals surface area contributed by atoms with Gasteiger partial charge in [-0.3, -0.25) is 9.59 Å². The number of rotatable bonds is 5. The lowest BCUT2D eigenvalue weighted by Gasteiger charge is -2.08. The number of nitrogens with one attached hydrogen (secondary N) is 2. The van der Waals surface area contributed by atoms with Crippen LogP contribution in [0.15, 0.2) is 65.1 Å². The molecule has 0 unspecified atom stereocenters. The van der Waals surface area contributed by atoms with E-state index in [2.05, 4.69) is 15.3 Å². The van der Waals surface area contributed by atoms with Gasteiger partial charge in [0.1, 0.15) is 11.5 Å². The quantitative estimate of drug-likeness (QED) is 0.560. The number of nitrogens with zero attached hydrogens (tertiary/aromatic N) is 1. The highest BCUT2D eigenvalue weighted by Crippen LogP contribution is 2.18. The summed E-state index contributed by atoms with van der Waals surface area (Å²) in [6, 6.07) is 14.9. The normalized spacial score (nSPS) is 11.2. The molecule has 0 saturated heterocycles. The van der Waals surface area contributed by atoms with Crippen molar-refractivity contribution in [2.24, 2.45) is 0 Å². The third-order valence-corrected chi connectivity index (χ3v) is 4.32. The maximum absolute atomic E-state index is 12.5. The van der Waals surface area contributed by atoms with Crippen LogP contribution in [0.25, 0.3) is 17.5 Å². The third kappa shape index (κ3) is 4.77. The fraction of sp³-hybridized carbons (Fsp3) is 0.0476.